The normalized spacial score (nSPS) is 21.2. The molecular weight excluding hydrogens is 174 g/mol. The van der Waals surface area contributed by atoms with Crippen LogP contribution in [0.5, 0.6) is 5.75 Å². The van der Waals surface area contributed by atoms with E-state index in [9.17, 15) is 0 Å². The zero-order valence-electron chi connectivity index (χ0n) is 6.59. The van der Waals surface area contributed by atoms with E-state index in [1.807, 2.05) is 18.2 Å². The molecule has 0 fully saturated rings. The molecule has 1 unspecified atom stereocenters. The summed E-state index contributed by atoms with van der Waals surface area (Å²) >= 11 is 5.52. The Morgan fingerprint density at radius 2 is 2.25 bits per heavy atom. The fourth-order valence-electron chi connectivity index (χ4n) is 1.40. The molecule has 0 spiro atoms. The number of fused-ring (bicyclic) bond motifs is 1. The van der Waals surface area contributed by atoms with Crippen LogP contribution < -0.4 is 9.57 Å². The molecule has 1 aliphatic heterocycles. The summed E-state index contributed by atoms with van der Waals surface area (Å²) in [6.07, 6.45) is 0.944. The van der Waals surface area contributed by atoms with Crippen LogP contribution >= 0.6 is 11.8 Å². The van der Waals surface area contributed by atoms with Gasteiger partial charge in [-0.1, -0.05) is 18.2 Å². The Bertz CT molecular complexity index is 277. The van der Waals surface area contributed by atoms with Crippen molar-refractivity contribution in [1.29, 1.82) is 0 Å². The van der Waals surface area contributed by atoms with E-state index < -0.39 is 0 Å². The van der Waals surface area contributed by atoms with E-state index in [0.717, 1.165) is 12.2 Å². The maximum Gasteiger partial charge on any atom is 0.122 e. The van der Waals surface area contributed by atoms with Crippen LogP contribution in [0.25, 0.3) is 0 Å². The number of para-hydroxylation sites is 1. The van der Waals surface area contributed by atoms with E-state index in [1.54, 1.807) is 0 Å². The first-order valence-electron chi connectivity index (χ1n) is 3.97. The third-order valence-corrected chi connectivity index (χ3v) is 2.34. The van der Waals surface area contributed by atoms with Gasteiger partial charge in [-0.2, -0.15) is 0 Å². The van der Waals surface area contributed by atoms with Crippen LogP contribution in [0.15, 0.2) is 24.3 Å². The van der Waals surface area contributed by atoms with Gasteiger partial charge in [0.25, 0.3) is 0 Å². The van der Waals surface area contributed by atoms with Crippen molar-refractivity contribution in [2.45, 2.75) is 12.5 Å². The molecule has 2 rings (SSSR count). The van der Waals surface area contributed by atoms with Crippen LogP contribution in [-0.4, -0.2) is 12.6 Å². The van der Waals surface area contributed by atoms with Crippen LogP contribution in [0.2, 0.25) is 0 Å². The maximum absolute atomic E-state index is 5.52. The third kappa shape index (κ3) is 1.40. The first kappa shape index (κ1) is 7.90. The molecule has 3 heteroatoms. The summed E-state index contributed by atoms with van der Waals surface area (Å²) in [6.45, 7) is 0.653. The van der Waals surface area contributed by atoms with E-state index >= 15 is 0 Å². The highest BCUT2D eigenvalue weighted by atomic mass is 35.5. The largest absolute Gasteiger partial charge is 0.492 e. The quantitative estimate of drug-likeness (QED) is 0.670. The smallest absolute Gasteiger partial charge is 0.122 e. The molecule has 2 nitrogen and oxygen atoms in total. The molecule has 1 aromatic carbocycles. The van der Waals surface area contributed by atoms with Crippen molar-refractivity contribution in [1.82, 2.24) is 4.84 Å². The van der Waals surface area contributed by atoms with Crippen molar-refractivity contribution in [2.75, 3.05) is 6.61 Å². The molecule has 0 aliphatic carbocycles. The average Bonchev–Trinajstić information content (AvgIpc) is 2.17. The lowest BCUT2D eigenvalue weighted by Crippen LogP contribution is -2.34. The van der Waals surface area contributed by atoms with E-state index in [2.05, 4.69) is 10.9 Å². The maximum atomic E-state index is 5.52. The van der Waals surface area contributed by atoms with Gasteiger partial charge < -0.3 is 4.74 Å². The summed E-state index contributed by atoms with van der Waals surface area (Å²) in [4.78, 5) is 2.69. The zero-order chi connectivity index (χ0) is 8.39. The van der Waals surface area contributed by atoms with Crippen LogP contribution in [-0.2, 0) is 6.42 Å². The lowest BCUT2D eigenvalue weighted by molar-refractivity contribution is 0.255. The molecule has 0 bridgehead atoms. The molecule has 0 amide bonds. The average molecular weight is 184 g/mol. The minimum atomic E-state index is 0.238. The lowest BCUT2D eigenvalue weighted by Gasteiger charge is -2.23. The number of halogens is 1. The molecule has 0 saturated heterocycles. The number of ether oxygens (including phenoxy) is 1. The number of hydrogen-bond donors (Lipinski definition) is 1. The number of hydrogen-bond acceptors (Lipinski definition) is 2. The summed E-state index contributed by atoms with van der Waals surface area (Å²) in [5.41, 5.74) is 1.22. The highest BCUT2D eigenvalue weighted by molar-refractivity contribution is 6.13. The molecular formula is C9H10ClNO. The number of rotatable bonds is 1. The van der Waals surface area contributed by atoms with Gasteiger partial charge >= 0.3 is 0 Å². The van der Waals surface area contributed by atoms with Crippen molar-refractivity contribution < 1.29 is 4.74 Å². The third-order valence-electron chi connectivity index (χ3n) is 2.03. The molecule has 1 aromatic rings. The first-order chi connectivity index (χ1) is 5.90. The van der Waals surface area contributed by atoms with Crippen molar-refractivity contribution in [2.24, 2.45) is 0 Å². The standard InChI is InChI=1S/C9H10ClNO/c10-11-8-5-7-3-1-2-4-9(7)12-6-8/h1-4,8,11H,5-6H2. The lowest BCUT2D eigenvalue weighted by atomic mass is 10.0. The van der Waals surface area contributed by atoms with Crippen molar-refractivity contribution in [3.8, 4) is 5.75 Å². The summed E-state index contributed by atoms with van der Waals surface area (Å²) in [6, 6.07) is 8.28. The fourth-order valence-corrected chi connectivity index (χ4v) is 1.54. The van der Waals surface area contributed by atoms with Gasteiger partial charge in [0.15, 0.2) is 0 Å². The predicted molar refractivity (Wildman–Crippen MR) is 48.4 cm³/mol. The molecule has 64 valence electrons. The van der Waals surface area contributed by atoms with Crippen LogP contribution in [0, 0.1) is 0 Å². The topological polar surface area (TPSA) is 21.3 Å². The molecule has 0 radical (unpaired) electrons. The van der Waals surface area contributed by atoms with E-state index in [1.165, 1.54) is 5.56 Å². The molecule has 0 aromatic heterocycles. The van der Waals surface area contributed by atoms with Gasteiger partial charge in [-0.15, -0.1) is 0 Å². The summed E-state index contributed by atoms with van der Waals surface area (Å²) in [5, 5.41) is 0. The molecule has 0 saturated carbocycles. The van der Waals surface area contributed by atoms with Gasteiger partial charge in [0, 0.05) is 0 Å². The van der Waals surface area contributed by atoms with Gasteiger partial charge in [0.2, 0.25) is 0 Å². The predicted octanol–water partition coefficient (Wildman–Crippen LogP) is 1.73. The first-order valence-corrected chi connectivity index (χ1v) is 4.35. The highest BCUT2D eigenvalue weighted by Gasteiger charge is 2.17. The van der Waals surface area contributed by atoms with E-state index in [-0.39, 0.29) is 6.04 Å². The minimum Gasteiger partial charge on any atom is -0.492 e. The Morgan fingerprint density at radius 3 is 3.08 bits per heavy atom. The minimum absolute atomic E-state index is 0.238. The summed E-state index contributed by atoms with van der Waals surface area (Å²) in [5.74, 6) is 0.987. The summed E-state index contributed by atoms with van der Waals surface area (Å²) < 4.78 is 5.48. The number of benzene rings is 1. The highest BCUT2D eigenvalue weighted by Crippen LogP contribution is 2.23. The monoisotopic (exact) mass is 183 g/mol. The van der Waals surface area contributed by atoms with Crippen LogP contribution in [0.1, 0.15) is 5.56 Å². The van der Waals surface area contributed by atoms with Gasteiger partial charge in [-0.3, -0.25) is 0 Å². The Morgan fingerprint density at radius 1 is 1.42 bits per heavy atom. The molecule has 1 heterocycles. The molecule has 1 N–H and O–H groups in total. The summed E-state index contributed by atoms with van der Waals surface area (Å²) in [7, 11) is 0. The Kier molecular flexibility index (Phi) is 2.19. The Labute approximate surface area is 76.6 Å². The Hall–Kier alpha value is -0.730. The molecule has 1 aliphatic rings. The fraction of sp³-hybridized carbons (Fsp3) is 0.333. The van der Waals surface area contributed by atoms with Gasteiger partial charge in [0.1, 0.15) is 12.4 Å². The van der Waals surface area contributed by atoms with Crippen LogP contribution in [0.3, 0.4) is 0 Å². The van der Waals surface area contributed by atoms with Crippen molar-refractivity contribution in [3.63, 3.8) is 0 Å². The van der Waals surface area contributed by atoms with Crippen LogP contribution in [0.4, 0.5) is 0 Å². The zero-order valence-corrected chi connectivity index (χ0v) is 7.34. The van der Waals surface area contributed by atoms with Gasteiger partial charge in [-0.25, -0.2) is 4.84 Å². The van der Waals surface area contributed by atoms with Gasteiger partial charge in [-0.05, 0) is 29.8 Å². The second kappa shape index (κ2) is 3.33. The van der Waals surface area contributed by atoms with E-state index in [0.29, 0.717) is 6.61 Å². The second-order valence-electron chi connectivity index (χ2n) is 2.93. The van der Waals surface area contributed by atoms with Crippen molar-refractivity contribution >= 4 is 11.8 Å². The van der Waals surface area contributed by atoms with Crippen molar-refractivity contribution in [3.05, 3.63) is 29.8 Å². The molecule has 1 atom stereocenters. The van der Waals surface area contributed by atoms with E-state index in [4.69, 9.17) is 16.5 Å². The van der Waals surface area contributed by atoms with Gasteiger partial charge in [0.05, 0.1) is 6.04 Å². The Balaban J connectivity index is 2.23. The second-order valence-corrected chi connectivity index (χ2v) is 3.15. The SMILES string of the molecule is ClNC1COc2ccccc2C1. The molecule has 12 heavy (non-hydrogen) atoms. The number of nitrogens with one attached hydrogen (secondary N) is 1.